The minimum atomic E-state index is -4.21. The quantitative estimate of drug-likeness (QED) is 0.335. The molecule has 3 aromatic rings. The number of piperazine rings is 1. The summed E-state index contributed by atoms with van der Waals surface area (Å²) < 4.78 is 60.6. The van der Waals surface area contributed by atoms with Crippen molar-refractivity contribution in [2.24, 2.45) is 0 Å². The molecule has 14 heteroatoms. The van der Waals surface area contributed by atoms with Gasteiger partial charge < -0.3 is 25.2 Å². The molecule has 2 aromatic carbocycles. The molecule has 0 atom stereocenters. The number of anilines is 3. The molecule has 3 heterocycles. The second-order valence-electron chi connectivity index (χ2n) is 11.6. The normalized spacial score (nSPS) is 16.7. The van der Waals surface area contributed by atoms with Gasteiger partial charge in [-0.1, -0.05) is 0 Å². The number of nitrogens with one attached hydrogen (secondary N) is 3. The van der Waals surface area contributed by atoms with Gasteiger partial charge in [-0.05, 0) is 51.2 Å². The predicted octanol–water partition coefficient (Wildman–Crippen LogP) is 3.28. The lowest BCUT2D eigenvalue weighted by Crippen LogP contribution is -2.44. The number of aromatic nitrogens is 2. The van der Waals surface area contributed by atoms with Crippen molar-refractivity contribution in [1.29, 1.82) is 0 Å². The van der Waals surface area contributed by atoms with Crippen LogP contribution < -0.4 is 15.5 Å². The number of nitrogens with zero attached hydrogens (tertiary/aromatic N) is 4. The maximum absolute atomic E-state index is 13.8. The minimum absolute atomic E-state index is 0.0828. The number of carbonyl (C=O) groups excluding carboxylic acids is 1. The average molecular weight is 618 g/mol. The Kier molecular flexibility index (Phi) is 8.75. The summed E-state index contributed by atoms with van der Waals surface area (Å²) in [5.74, 6) is -2.20. The zero-order valence-electron chi connectivity index (χ0n) is 24.7. The van der Waals surface area contributed by atoms with Crippen LogP contribution in [0, 0.1) is 11.6 Å². The number of rotatable bonds is 9. The number of methoxy groups -OCH3 is 1. The Morgan fingerprint density at radius 3 is 2.44 bits per heavy atom. The number of benzene rings is 2. The highest BCUT2D eigenvalue weighted by Crippen LogP contribution is 2.31. The summed E-state index contributed by atoms with van der Waals surface area (Å²) in [6.07, 6.45) is 0.285. The summed E-state index contributed by atoms with van der Waals surface area (Å²) in [5.41, 5.74) is 2.68. The monoisotopic (exact) mass is 617 g/mol. The van der Waals surface area contributed by atoms with E-state index in [0.717, 1.165) is 48.3 Å². The maximum Gasteiger partial charge on any atom is 0.258 e. The fourth-order valence-corrected chi connectivity index (χ4v) is 6.89. The fraction of sp³-hybridized carbons (Fsp3) is 0.448. The molecule has 2 aliphatic rings. The molecule has 1 amide bonds. The first-order valence-corrected chi connectivity index (χ1v) is 15.5. The van der Waals surface area contributed by atoms with Crippen LogP contribution in [0.1, 0.15) is 35.5 Å². The van der Waals surface area contributed by atoms with Gasteiger partial charge in [0.25, 0.3) is 5.91 Å². The molecule has 0 saturated carbocycles. The largest absolute Gasteiger partial charge is 0.382 e. The Hall–Kier alpha value is -3.59. The number of halogens is 2. The lowest BCUT2D eigenvalue weighted by Gasteiger charge is -2.35. The number of fused-ring (bicyclic) bond motifs is 1. The number of hydrogen-bond acceptors (Lipinski definition) is 8. The van der Waals surface area contributed by atoms with E-state index in [4.69, 9.17) is 4.74 Å². The van der Waals surface area contributed by atoms with Crippen molar-refractivity contribution >= 4 is 33.1 Å². The highest BCUT2D eigenvalue weighted by Gasteiger charge is 2.33. The van der Waals surface area contributed by atoms with Gasteiger partial charge in [-0.15, -0.1) is 0 Å². The van der Waals surface area contributed by atoms with E-state index in [2.05, 4.69) is 37.7 Å². The minimum Gasteiger partial charge on any atom is -0.382 e. The van der Waals surface area contributed by atoms with Crippen LogP contribution >= 0.6 is 0 Å². The molecule has 11 nitrogen and oxygen atoms in total. The van der Waals surface area contributed by atoms with Gasteiger partial charge in [0, 0.05) is 81.5 Å². The van der Waals surface area contributed by atoms with E-state index in [0.29, 0.717) is 35.2 Å². The van der Waals surface area contributed by atoms with Gasteiger partial charge in [-0.2, -0.15) is 9.40 Å². The van der Waals surface area contributed by atoms with E-state index in [1.165, 1.54) is 0 Å². The summed E-state index contributed by atoms with van der Waals surface area (Å²) in [5, 5.41) is 13.4. The lowest BCUT2D eigenvalue weighted by molar-refractivity contribution is 0.102. The third-order valence-corrected chi connectivity index (χ3v) is 9.52. The van der Waals surface area contributed by atoms with E-state index < -0.39 is 38.0 Å². The zero-order valence-corrected chi connectivity index (χ0v) is 25.5. The number of hydrogen-bond donors (Lipinski definition) is 3. The van der Waals surface area contributed by atoms with Gasteiger partial charge >= 0.3 is 0 Å². The molecule has 0 aliphatic carbocycles. The first kappa shape index (κ1) is 30.9. The summed E-state index contributed by atoms with van der Waals surface area (Å²) in [6.45, 7) is 7.91. The number of ether oxygens (including phenoxy) is 1. The van der Waals surface area contributed by atoms with E-state index in [1.54, 1.807) is 13.2 Å². The van der Waals surface area contributed by atoms with Crippen molar-refractivity contribution in [3.8, 4) is 0 Å². The molecule has 3 N–H and O–H groups in total. The van der Waals surface area contributed by atoms with Crippen LogP contribution in [0.25, 0.3) is 0 Å². The molecule has 0 unspecified atom stereocenters. The fourth-order valence-electron chi connectivity index (χ4n) is 5.44. The van der Waals surface area contributed by atoms with Gasteiger partial charge in [0.15, 0.2) is 5.82 Å². The number of sulfonamides is 1. The molecule has 1 saturated heterocycles. The zero-order chi connectivity index (χ0) is 30.9. The smallest absolute Gasteiger partial charge is 0.258 e. The molecule has 0 spiro atoms. The molecule has 2 aliphatic heterocycles. The highest BCUT2D eigenvalue weighted by atomic mass is 32.2. The molecule has 232 valence electrons. The van der Waals surface area contributed by atoms with Gasteiger partial charge in [0.2, 0.25) is 10.0 Å². The first-order chi connectivity index (χ1) is 20.4. The number of amides is 1. The topological polar surface area (TPSA) is 123 Å². The standard InChI is InChI=1S/C29H37F2N7O4S/c1-29(2,18-42-4)33-26-16-21(37-11-9-36(3)10-12-37)5-6-23(26)28(39)32-27-24-17-38(8-7-25(24)34-35-27)43(40,41)22-14-19(30)13-20(31)15-22/h5-6,13-16,33H,7-12,17-18H2,1-4H3,(H2,32,34,35,39). The average Bonchev–Trinajstić information content (AvgIpc) is 3.34. The van der Waals surface area contributed by atoms with E-state index >= 15 is 0 Å². The molecule has 1 fully saturated rings. The van der Waals surface area contributed by atoms with Crippen LogP contribution in [0.3, 0.4) is 0 Å². The Morgan fingerprint density at radius 1 is 1.07 bits per heavy atom. The van der Waals surface area contributed by atoms with E-state index in [-0.39, 0.29) is 25.3 Å². The van der Waals surface area contributed by atoms with Gasteiger partial charge in [0.05, 0.1) is 22.6 Å². The van der Waals surface area contributed by atoms with Crippen molar-refractivity contribution in [2.45, 2.75) is 37.2 Å². The molecule has 1 aromatic heterocycles. The summed E-state index contributed by atoms with van der Waals surface area (Å²) in [7, 11) is -0.497. The highest BCUT2D eigenvalue weighted by molar-refractivity contribution is 7.89. The van der Waals surface area contributed by atoms with Crippen molar-refractivity contribution in [3.05, 3.63) is 64.9 Å². The van der Waals surface area contributed by atoms with Crippen molar-refractivity contribution in [3.63, 3.8) is 0 Å². The number of H-pyrrole nitrogens is 1. The molecule has 0 radical (unpaired) electrons. The summed E-state index contributed by atoms with van der Waals surface area (Å²) in [6, 6.07) is 7.84. The molecular weight excluding hydrogens is 580 g/mol. The van der Waals surface area contributed by atoms with Crippen LogP contribution in [-0.4, -0.2) is 92.8 Å². The summed E-state index contributed by atoms with van der Waals surface area (Å²) >= 11 is 0. The van der Waals surface area contributed by atoms with Crippen molar-refractivity contribution < 1.29 is 26.7 Å². The number of likely N-dealkylation sites (N-methyl/N-ethyl adjacent to an activating group) is 1. The third-order valence-electron chi connectivity index (χ3n) is 7.70. The van der Waals surface area contributed by atoms with Gasteiger partial charge in [-0.3, -0.25) is 9.89 Å². The maximum atomic E-state index is 13.8. The van der Waals surface area contributed by atoms with Crippen LogP contribution in [0.5, 0.6) is 0 Å². The molecule has 43 heavy (non-hydrogen) atoms. The molecule has 0 bridgehead atoms. The molecule has 5 rings (SSSR count). The second kappa shape index (κ2) is 12.2. The Balaban J connectivity index is 1.40. The molecular formula is C29H37F2N7O4S. The second-order valence-corrected chi connectivity index (χ2v) is 13.6. The Labute approximate surface area is 250 Å². The van der Waals surface area contributed by atoms with Crippen LogP contribution in [0.15, 0.2) is 41.3 Å². The van der Waals surface area contributed by atoms with E-state index in [1.807, 2.05) is 26.0 Å². The van der Waals surface area contributed by atoms with Crippen LogP contribution in [0.2, 0.25) is 0 Å². The predicted molar refractivity (Wildman–Crippen MR) is 160 cm³/mol. The Morgan fingerprint density at radius 2 is 1.77 bits per heavy atom. The number of aromatic amines is 1. The van der Waals surface area contributed by atoms with Crippen LogP contribution in [-0.2, 0) is 27.7 Å². The first-order valence-electron chi connectivity index (χ1n) is 14.0. The van der Waals surface area contributed by atoms with Crippen molar-refractivity contribution in [1.82, 2.24) is 19.4 Å². The van der Waals surface area contributed by atoms with E-state index in [9.17, 15) is 22.0 Å². The van der Waals surface area contributed by atoms with Gasteiger partial charge in [-0.25, -0.2) is 17.2 Å². The third kappa shape index (κ3) is 6.82. The Bertz CT molecular complexity index is 1580. The lowest BCUT2D eigenvalue weighted by atomic mass is 10.0. The summed E-state index contributed by atoms with van der Waals surface area (Å²) in [4.78, 5) is 17.8. The van der Waals surface area contributed by atoms with Crippen molar-refractivity contribution in [2.75, 3.05) is 69.0 Å². The SMILES string of the molecule is COCC(C)(C)Nc1cc(N2CCN(C)CC2)ccc1C(=O)Nc1n[nH]c2c1CN(S(=O)(=O)c1cc(F)cc(F)c1)CC2. The van der Waals surface area contributed by atoms with Crippen LogP contribution in [0.4, 0.5) is 26.0 Å². The number of carbonyl (C=O) groups is 1. The van der Waals surface area contributed by atoms with Gasteiger partial charge in [0.1, 0.15) is 11.6 Å².